The van der Waals surface area contributed by atoms with Crippen molar-refractivity contribution in [3.63, 3.8) is 0 Å². The van der Waals surface area contributed by atoms with E-state index in [1.165, 1.54) is 0 Å². The number of fused-ring (bicyclic) bond motifs is 3. The van der Waals surface area contributed by atoms with Crippen LogP contribution in [0.1, 0.15) is 5.56 Å². The Kier molecular flexibility index (Phi) is 2.28. The van der Waals surface area contributed by atoms with E-state index in [2.05, 4.69) is 0 Å². The second-order valence-electron chi connectivity index (χ2n) is 3.95. The Labute approximate surface area is 104 Å². The van der Waals surface area contributed by atoms with E-state index < -0.39 is 9.84 Å². The van der Waals surface area contributed by atoms with Crippen LogP contribution in [0.15, 0.2) is 46.2 Å². The van der Waals surface area contributed by atoms with Gasteiger partial charge in [0.1, 0.15) is 0 Å². The summed E-state index contributed by atoms with van der Waals surface area (Å²) in [5, 5.41) is 1.69. The molecule has 1 aliphatic rings. The van der Waals surface area contributed by atoms with Crippen LogP contribution in [0.2, 0.25) is 0 Å². The highest BCUT2D eigenvalue weighted by molar-refractivity contribution is 7.96. The van der Waals surface area contributed by atoms with Crippen molar-refractivity contribution in [1.29, 1.82) is 0 Å². The Morgan fingerprint density at radius 3 is 2.59 bits per heavy atom. The van der Waals surface area contributed by atoms with Gasteiger partial charge in [0.25, 0.3) is 0 Å². The first-order chi connectivity index (χ1) is 8.14. The summed E-state index contributed by atoms with van der Waals surface area (Å²) in [5.74, 6) is 0.0192. The van der Waals surface area contributed by atoms with Crippen molar-refractivity contribution in [3.05, 3.63) is 46.9 Å². The van der Waals surface area contributed by atoms with E-state index in [1.54, 1.807) is 6.08 Å². The Hall–Kier alpha value is -1.32. The van der Waals surface area contributed by atoms with E-state index in [-0.39, 0.29) is 10.8 Å². The molecule has 0 aliphatic carbocycles. The van der Waals surface area contributed by atoms with E-state index >= 15 is 0 Å². The smallest absolute Gasteiger partial charge is 0.205 e. The molecule has 0 saturated heterocycles. The zero-order valence-corrected chi connectivity index (χ0v) is 10.4. The molecule has 0 unspecified atom stereocenters. The highest BCUT2D eigenvalue weighted by Crippen LogP contribution is 2.38. The molecular formula is C13H9ClO2S. The van der Waals surface area contributed by atoms with Crippen LogP contribution in [0.4, 0.5) is 0 Å². The van der Waals surface area contributed by atoms with Gasteiger partial charge in [-0.2, -0.15) is 0 Å². The first-order valence-electron chi connectivity index (χ1n) is 5.18. The minimum atomic E-state index is -3.39. The van der Waals surface area contributed by atoms with Crippen molar-refractivity contribution in [2.45, 2.75) is 4.90 Å². The van der Waals surface area contributed by atoms with Gasteiger partial charge in [-0.05, 0) is 17.0 Å². The molecule has 86 valence electrons. The topological polar surface area (TPSA) is 34.1 Å². The second-order valence-corrected chi connectivity index (χ2v) is 6.16. The van der Waals surface area contributed by atoms with Crippen LogP contribution < -0.4 is 0 Å². The predicted octanol–water partition coefficient (Wildman–Crippen LogP) is 3.21. The van der Waals surface area contributed by atoms with Crippen molar-refractivity contribution >= 4 is 38.3 Å². The van der Waals surface area contributed by atoms with E-state index in [9.17, 15) is 8.42 Å². The van der Waals surface area contributed by atoms with E-state index in [0.29, 0.717) is 4.90 Å². The van der Waals surface area contributed by atoms with Gasteiger partial charge in [-0.25, -0.2) is 8.42 Å². The van der Waals surface area contributed by atoms with Gasteiger partial charge in [0.05, 0.1) is 15.7 Å². The predicted molar refractivity (Wildman–Crippen MR) is 69.8 cm³/mol. The van der Waals surface area contributed by atoms with Gasteiger partial charge >= 0.3 is 0 Å². The van der Waals surface area contributed by atoms with E-state index in [4.69, 9.17) is 11.6 Å². The summed E-state index contributed by atoms with van der Waals surface area (Å²) in [4.78, 5) is 0.678. The van der Waals surface area contributed by atoms with Crippen molar-refractivity contribution in [2.24, 2.45) is 0 Å². The molecule has 1 heterocycles. The molecule has 0 fully saturated rings. The minimum absolute atomic E-state index is 0.0192. The fraction of sp³-hybridized carbons (Fsp3) is 0.0769. The molecule has 0 atom stereocenters. The van der Waals surface area contributed by atoms with Crippen LogP contribution in [-0.2, 0) is 9.84 Å². The number of halogens is 1. The molecule has 4 heteroatoms. The van der Waals surface area contributed by atoms with E-state index in [1.807, 2.05) is 36.4 Å². The molecule has 3 rings (SSSR count). The lowest BCUT2D eigenvalue weighted by Crippen LogP contribution is -2.02. The van der Waals surface area contributed by atoms with Crippen molar-refractivity contribution in [1.82, 2.24) is 0 Å². The number of sulfone groups is 1. The summed E-state index contributed by atoms with van der Waals surface area (Å²) < 4.78 is 24.6. The summed E-state index contributed by atoms with van der Waals surface area (Å²) in [6.45, 7) is 0. The third-order valence-corrected chi connectivity index (χ3v) is 5.36. The number of rotatable bonds is 1. The van der Waals surface area contributed by atoms with Crippen molar-refractivity contribution in [2.75, 3.05) is 5.88 Å². The molecule has 0 spiro atoms. The van der Waals surface area contributed by atoms with Crippen LogP contribution in [0.25, 0.3) is 16.8 Å². The highest BCUT2D eigenvalue weighted by Gasteiger charge is 2.30. The molecule has 2 nitrogen and oxygen atoms in total. The lowest BCUT2D eigenvalue weighted by molar-refractivity contribution is 0.604. The number of alkyl halides is 1. The monoisotopic (exact) mass is 264 g/mol. The molecule has 2 aromatic rings. The van der Waals surface area contributed by atoms with Crippen molar-refractivity contribution < 1.29 is 8.42 Å². The van der Waals surface area contributed by atoms with Crippen LogP contribution in [0.5, 0.6) is 0 Å². The normalized spacial score (nSPS) is 16.9. The summed E-state index contributed by atoms with van der Waals surface area (Å²) >= 11 is 5.69. The fourth-order valence-electron chi connectivity index (χ4n) is 2.17. The van der Waals surface area contributed by atoms with E-state index in [0.717, 1.165) is 16.3 Å². The molecule has 0 saturated carbocycles. The number of hydrogen-bond acceptors (Lipinski definition) is 2. The molecule has 0 N–H and O–H groups in total. The second kappa shape index (κ2) is 3.59. The maximum absolute atomic E-state index is 12.3. The van der Waals surface area contributed by atoms with Gasteiger partial charge in [0.15, 0.2) is 0 Å². The fourth-order valence-corrected chi connectivity index (χ4v) is 4.27. The maximum Gasteiger partial charge on any atom is 0.205 e. The summed E-state index contributed by atoms with van der Waals surface area (Å²) in [6.07, 6.45) is 1.66. The molecule has 0 amide bonds. The van der Waals surface area contributed by atoms with Crippen LogP contribution in [-0.4, -0.2) is 14.3 Å². The van der Waals surface area contributed by atoms with Gasteiger partial charge in [0.2, 0.25) is 9.84 Å². The summed E-state index contributed by atoms with van der Waals surface area (Å²) in [7, 11) is -3.39. The van der Waals surface area contributed by atoms with Gasteiger partial charge in [-0.3, -0.25) is 0 Å². The standard InChI is InChI=1S/C13H9ClO2S/c14-8-11-7-10-6-5-9-3-1-2-4-12(9)13(10)17(11,15)16/h1-7H,8H2. The number of allylic oxidation sites excluding steroid dienone is 1. The lowest BCUT2D eigenvalue weighted by Gasteiger charge is -2.05. The first kappa shape index (κ1) is 10.8. The third kappa shape index (κ3) is 1.43. The average molecular weight is 265 g/mol. The van der Waals surface area contributed by atoms with Crippen LogP contribution in [0.3, 0.4) is 0 Å². The van der Waals surface area contributed by atoms with Gasteiger partial charge in [-0.1, -0.05) is 36.4 Å². The Bertz CT molecular complexity index is 745. The largest absolute Gasteiger partial charge is 0.219 e. The summed E-state index contributed by atoms with van der Waals surface area (Å²) in [6, 6.07) is 11.2. The van der Waals surface area contributed by atoms with Crippen LogP contribution >= 0.6 is 11.6 Å². The number of hydrogen-bond donors (Lipinski definition) is 0. The molecule has 2 aromatic carbocycles. The third-order valence-electron chi connectivity index (χ3n) is 2.97. The highest BCUT2D eigenvalue weighted by atomic mass is 35.5. The minimum Gasteiger partial charge on any atom is -0.219 e. The molecular weight excluding hydrogens is 256 g/mol. The first-order valence-corrected chi connectivity index (χ1v) is 7.20. The Morgan fingerprint density at radius 2 is 1.82 bits per heavy atom. The van der Waals surface area contributed by atoms with Gasteiger partial charge in [-0.15, -0.1) is 11.6 Å². The average Bonchev–Trinajstić information content (AvgIpc) is 2.61. The Morgan fingerprint density at radius 1 is 1.06 bits per heavy atom. The molecule has 17 heavy (non-hydrogen) atoms. The quantitative estimate of drug-likeness (QED) is 0.741. The van der Waals surface area contributed by atoms with Crippen LogP contribution in [0, 0.1) is 0 Å². The molecule has 0 radical (unpaired) electrons. The molecule has 0 aromatic heterocycles. The Balaban J connectivity index is 2.45. The SMILES string of the molecule is O=S1(=O)C(CCl)=Cc2ccc3ccccc3c21. The van der Waals surface area contributed by atoms with Gasteiger partial charge < -0.3 is 0 Å². The maximum atomic E-state index is 12.3. The zero-order chi connectivity index (χ0) is 12.0. The van der Waals surface area contributed by atoms with Gasteiger partial charge in [0, 0.05) is 5.39 Å². The number of benzene rings is 2. The summed E-state index contributed by atoms with van der Waals surface area (Å²) in [5.41, 5.74) is 0.736. The van der Waals surface area contributed by atoms with Crippen molar-refractivity contribution in [3.8, 4) is 0 Å². The zero-order valence-electron chi connectivity index (χ0n) is 8.85. The molecule has 1 aliphatic heterocycles. The molecule has 0 bridgehead atoms. The lowest BCUT2D eigenvalue weighted by atomic mass is 10.1.